The number of phenols is 1. The molecule has 0 unspecified atom stereocenters. The van der Waals surface area contributed by atoms with Crippen molar-refractivity contribution in [2.75, 3.05) is 6.61 Å². The summed E-state index contributed by atoms with van der Waals surface area (Å²) < 4.78 is 6.04. The van der Waals surface area contributed by atoms with Crippen LogP contribution in [0, 0.1) is 5.92 Å². The summed E-state index contributed by atoms with van der Waals surface area (Å²) in [5, 5.41) is 9.82. The predicted octanol–water partition coefficient (Wildman–Crippen LogP) is 3.35. The third-order valence-electron chi connectivity index (χ3n) is 3.06. The van der Waals surface area contributed by atoms with Crippen molar-refractivity contribution in [3.63, 3.8) is 0 Å². The zero-order valence-corrected chi connectivity index (χ0v) is 11.5. The van der Waals surface area contributed by atoms with Crippen LogP contribution in [-0.4, -0.2) is 11.7 Å². The Hall–Kier alpha value is -0.740. The second-order valence-corrected chi connectivity index (χ2v) is 5.42. The van der Waals surface area contributed by atoms with Crippen LogP contribution in [0.25, 0.3) is 0 Å². The lowest BCUT2D eigenvalue weighted by atomic mass is 10.0. The first-order chi connectivity index (χ1) is 8.11. The second-order valence-electron chi connectivity index (χ2n) is 4.57. The number of rotatable bonds is 5. The van der Waals surface area contributed by atoms with E-state index < -0.39 is 0 Å². The molecule has 2 rings (SSSR count). The van der Waals surface area contributed by atoms with E-state index in [-0.39, 0.29) is 11.8 Å². The van der Waals surface area contributed by atoms with Gasteiger partial charge in [0, 0.05) is 6.04 Å². The van der Waals surface area contributed by atoms with E-state index in [9.17, 15) is 5.11 Å². The number of phenolic OH excluding ortho intramolecular Hbond substituents is 1. The van der Waals surface area contributed by atoms with Crippen molar-refractivity contribution in [3.8, 4) is 11.5 Å². The lowest BCUT2D eigenvalue weighted by Crippen LogP contribution is -2.11. The van der Waals surface area contributed by atoms with Gasteiger partial charge in [0.25, 0.3) is 0 Å². The number of hydrogen-bond acceptors (Lipinski definition) is 3. The van der Waals surface area contributed by atoms with Crippen molar-refractivity contribution >= 4 is 15.9 Å². The fourth-order valence-electron chi connectivity index (χ4n) is 1.92. The van der Waals surface area contributed by atoms with Crippen molar-refractivity contribution in [2.45, 2.75) is 32.2 Å². The van der Waals surface area contributed by atoms with Crippen LogP contribution in [0.15, 0.2) is 16.6 Å². The fourth-order valence-corrected chi connectivity index (χ4v) is 2.38. The van der Waals surface area contributed by atoms with Crippen molar-refractivity contribution in [2.24, 2.45) is 11.7 Å². The van der Waals surface area contributed by atoms with Crippen LogP contribution in [0.4, 0.5) is 0 Å². The van der Waals surface area contributed by atoms with Crippen LogP contribution < -0.4 is 10.5 Å². The highest BCUT2D eigenvalue weighted by molar-refractivity contribution is 9.10. The molecule has 0 heterocycles. The standard InChI is InChI=1S/C13H18BrNO2/c1-2-17-12-7-9(6-10(14)13(12)16)11(15)5-8-3-4-8/h6-8,11,16H,2-5,15H2,1H3/t11-/m0/s1. The molecule has 3 nitrogen and oxygen atoms in total. The number of ether oxygens (including phenoxy) is 1. The molecule has 1 aliphatic rings. The summed E-state index contributed by atoms with van der Waals surface area (Å²) in [5.41, 5.74) is 7.18. The first-order valence-corrected chi connectivity index (χ1v) is 6.82. The molecule has 0 aromatic heterocycles. The van der Waals surface area contributed by atoms with Crippen LogP contribution in [0.3, 0.4) is 0 Å². The van der Waals surface area contributed by atoms with Gasteiger partial charge in [0.15, 0.2) is 11.5 Å². The number of aromatic hydroxyl groups is 1. The Morgan fingerprint density at radius 2 is 2.24 bits per heavy atom. The summed E-state index contributed by atoms with van der Waals surface area (Å²) in [5.74, 6) is 1.44. The van der Waals surface area contributed by atoms with Gasteiger partial charge < -0.3 is 15.6 Å². The average molecular weight is 300 g/mol. The maximum absolute atomic E-state index is 9.82. The van der Waals surface area contributed by atoms with Gasteiger partial charge in [0.2, 0.25) is 0 Å². The molecule has 0 spiro atoms. The number of nitrogens with two attached hydrogens (primary N) is 1. The number of benzene rings is 1. The molecule has 1 aromatic carbocycles. The highest BCUT2D eigenvalue weighted by Crippen LogP contribution is 2.40. The van der Waals surface area contributed by atoms with E-state index in [0.29, 0.717) is 16.8 Å². The highest BCUT2D eigenvalue weighted by atomic mass is 79.9. The normalized spacial score (nSPS) is 16.9. The van der Waals surface area contributed by atoms with Crippen molar-refractivity contribution in [1.82, 2.24) is 0 Å². The SMILES string of the molecule is CCOc1cc([C@@H](N)CC2CC2)cc(Br)c1O. The average Bonchev–Trinajstić information content (AvgIpc) is 3.08. The predicted molar refractivity (Wildman–Crippen MR) is 71.2 cm³/mol. The van der Waals surface area contributed by atoms with Crippen molar-refractivity contribution in [3.05, 3.63) is 22.2 Å². The van der Waals surface area contributed by atoms with E-state index >= 15 is 0 Å². The van der Waals surface area contributed by atoms with E-state index in [4.69, 9.17) is 10.5 Å². The summed E-state index contributed by atoms with van der Waals surface area (Å²) in [6.07, 6.45) is 3.61. The third-order valence-corrected chi connectivity index (χ3v) is 3.67. The van der Waals surface area contributed by atoms with Crippen LogP contribution >= 0.6 is 15.9 Å². The molecule has 0 saturated heterocycles. The molecule has 0 radical (unpaired) electrons. The molecule has 1 aromatic rings. The molecule has 1 saturated carbocycles. The van der Waals surface area contributed by atoms with E-state index in [1.165, 1.54) is 12.8 Å². The molecule has 4 heteroatoms. The molecule has 0 aliphatic heterocycles. The van der Waals surface area contributed by atoms with Gasteiger partial charge in [-0.2, -0.15) is 0 Å². The molecular weight excluding hydrogens is 282 g/mol. The van der Waals surface area contributed by atoms with Crippen molar-refractivity contribution < 1.29 is 9.84 Å². The Balaban J connectivity index is 2.20. The van der Waals surface area contributed by atoms with Crippen LogP contribution in [0.5, 0.6) is 11.5 Å². The van der Waals surface area contributed by atoms with Crippen LogP contribution in [0.1, 0.15) is 37.8 Å². The molecule has 17 heavy (non-hydrogen) atoms. The fraction of sp³-hybridized carbons (Fsp3) is 0.538. The van der Waals surface area contributed by atoms with E-state index in [0.717, 1.165) is 17.9 Å². The molecule has 1 fully saturated rings. The topological polar surface area (TPSA) is 55.5 Å². The van der Waals surface area contributed by atoms with Gasteiger partial charge in [-0.3, -0.25) is 0 Å². The Bertz CT molecular complexity index is 405. The molecule has 1 aliphatic carbocycles. The monoisotopic (exact) mass is 299 g/mol. The van der Waals surface area contributed by atoms with Gasteiger partial charge >= 0.3 is 0 Å². The second kappa shape index (κ2) is 5.27. The van der Waals surface area contributed by atoms with Crippen LogP contribution in [0.2, 0.25) is 0 Å². The van der Waals surface area contributed by atoms with Gasteiger partial charge in [0.05, 0.1) is 11.1 Å². The Kier molecular flexibility index (Phi) is 3.94. The van der Waals surface area contributed by atoms with Gasteiger partial charge in [-0.15, -0.1) is 0 Å². The van der Waals surface area contributed by atoms with Gasteiger partial charge in [-0.05, 0) is 52.9 Å². The summed E-state index contributed by atoms with van der Waals surface area (Å²) in [7, 11) is 0. The molecule has 0 bridgehead atoms. The lowest BCUT2D eigenvalue weighted by Gasteiger charge is -2.15. The maximum atomic E-state index is 9.82. The summed E-state index contributed by atoms with van der Waals surface area (Å²) in [6, 6.07) is 3.75. The quantitative estimate of drug-likeness (QED) is 0.876. The van der Waals surface area contributed by atoms with E-state index in [2.05, 4.69) is 15.9 Å². The molecule has 3 N–H and O–H groups in total. The molecule has 1 atom stereocenters. The minimum atomic E-state index is 0.0265. The molecule has 0 amide bonds. The smallest absolute Gasteiger partial charge is 0.172 e. The molecule has 94 valence electrons. The minimum absolute atomic E-state index is 0.0265. The minimum Gasteiger partial charge on any atom is -0.503 e. The first kappa shape index (κ1) is 12.7. The Morgan fingerprint density at radius 3 is 2.82 bits per heavy atom. The van der Waals surface area contributed by atoms with Crippen LogP contribution in [-0.2, 0) is 0 Å². The van der Waals surface area contributed by atoms with Gasteiger partial charge in [-0.25, -0.2) is 0 Å². The molecular formula is C13H18BrNO2. The summed E-state index contributed by atoms with van der Waals surface area (Å²) in [6.45, 7) is 2.42. The van der Waals surface area contributed by atoms with Gasteiger partial charge in [0.1, 0.15) is 0 Å². The summed E-state index contributed by atoms with van der Waals surface area (Å²) >= 11 is 3.33. The number of hydrogen-bond donors (Lipinski definition) is 2. The third kappa shape index (κ3) is 3.13. The van der Waals surface area contributed by atoms with E-state index in [1.54, 1.807) is 0 Å². The van der Waals surface area contributed by atoms with Crippen molar-refractivity contribution in [1.29, 1.82) is 0 Å². The van der Waals surface area contributed by atoms with E-state index in [1.807, 2.05) is 19.1 Å². The van der Waals surface area contributed by atoms with Gasteiger partial charge in [-0.1, -0.05) is 12.8 Å². The first-order valence-electron chi connectivity index (χ1n) is 6.02. The Labute approximate surface area is 110 Å². The zero-order valence-electron chi connectivity index (χ0n) is 9.95. The zero-order chi connectivity index (χ0) is 12.4. The summed E-state index contributed by atoms with van der Waals surface area (Å²) in [4.78, 5) is 0. The Morgan fingerprint density at radius 1 is 1.53 bits per heavy atom. The lowest BCUT2D eigenvalue weighted by molar-refractivity contribution is 0.316. The number of halogens is 1. The highest BCUT2D eigenvalue weighted by Gasteiger charge is 2.25. The largest absolute Gasteiger partial charge is 0.503 e. The maximum Gasteiger partial charge on any atom is 0.172 e.